The fraction of sp³-hybridized carbons (Fsp3) is 0.231. The molecule has 0 amide bonds. The molecule has 1 N–H and O–H groups in total. The summed E-state index contributed by atoms with van der Waals surface area (Å²) in [5.41, 5.74) is 1.11. The normalized spacial score (nSPS) is 11.4. The summed E-state index contributed by atoms with van der Waals surface area (Å²) in [6.45, 7) is 1.83. The van der Waals surface area contributed by atoms with Gasteiger partial charge in [0, 0.05) is 6.42 Å². The van der Waals surface area contributed by atoms with Crippen LogP contribution >= 0.6 is 0 Å². The third-order valence-corrected chi connectivity index (χ3v) is 2.35. The van der Waals surface area contributed by atoms with Gasteiger partial charge < -0.3 is 14.6 Å². The van der Waals surface area contributed by atoms with Gasteiger partial charge in [-0.25, -0.2) is 9.59 Å². The van der Waals surface area contributed by atoms with Crippen molar-refractivity contribution in [3.8, 4) is 0 Å². The van der Waals surface area contributed by atoms with Gasteiger partial charge in [-0.15, -0.1) is 0 Å². The molecule has 6 nitrogen and oxygen atoms in total. The van der Waals surface area contributed by atoms with Crippen LogP contribution in [0.15, 0.2) is 24.3 Å². The lowest BCUT2D eigenvalue weighted by atomic mass is 10.1. The number of hydrogen-bond acceptors (Lipinski definition) is 5. The maximum Gasteiger partial charge on any atom is 0.376 e. The second-order valence-electron chi connectivity index (χ2n) is 3.83. The first-order valence-electron chi connectivity index (χ1n) is 5.44. The Morgan fingerprint density at radius 3 is 2.32 bits per heavy atom. The minimum absolute atomic E-state index is 0.180. The lowest BCUT2D eigenvalue weighted by Crippen LogP contribution is -2.33. The molecule has 0 aliphatic heterocycles. The zero-order chi connectivity index (χ0) is 14.4. The van der Waals surface area contributed by atoms with E-state index in [1.165, 1.54) is 12.1 Å². The number of carboxylic acids is 1. The SMILES string of the molecule is Cc1ccc(C(=O)OC(CC=O)C(=O)C(=O)O)cc1. The van der Waals surface area contributed by atoms with Gasteiger partial charge in [0.05, 0.1) is 5.56 Å². The number of aliphatic carboxylic acids is 1. The van der Waals surface area contributed by atoms with Crippen LogP contribution in [-0.4, -0.2) is 35.2 Å². The third kappa shape index (κ3) is 4.02. The van der Waals surface area contributed by atoms with Crippen molar-refractivity contribution in [1.82, 2.24) is 0 Å². The molecule has 0 aromatic heterocycles. The second kappa shape index (κ2) is 6.44. The number of ether oxygens (including phenoxy) is 1. The molecular formula is C13H12O6. The minimum Gasteiger partial charge on any atom is -0.475 e. The molecule has 0 radical (unpaired) electrons. The first-order valence-corrected chi connectivity index (χ1v) is 5.44. The van der Waals surface area contributed by atoms with Crippen LogP contribution in [0.4, 0.5) is 0 Å². The Kier molecular flexibility index (Phi) is 4.93. The number of carboxylic acid groups (broad SMARTS) is 1. The van der Waals surface area contributed by atoms with E-state index in [1.54, 1.807) is 12.1 Å². The van der Waals surface area contributed by atoms with Gasteiger partial charge >= 0.3 is 11.9 Å². The van der Waals surface area contributed by atoms with Crippen molar-refractivity contribution in [3.63, 3.8) is 0 Å². The predicted octanol–water partition coefficient (Wildman–Crippen LogP) is 0.763. The zero-order valence-corrected chi connectivity index (χ0v) is 10.2. The summed E-state index contributed by atoms with van der Waals surface area (Å²) >= 11 is 0. The highest BCUT2D eigenvalue weighted by Crippen LogP contribution is 2.08. The largest absolute Gasteiger partial charge is 0.475 e. The summed E-state index contributed by atoms with van der Waals surface area (Å²) in [7, 11) is 0. The molecule has 1 rings (SSSR count). The fourth-order valence-corrected chi connectivity index (χ4v) is 1.32. The standard InChI is InChI=1S/C13H12O6/c1-8-2-4-9(5-3-8)13(18)19-10(6-7-14)11(15)12(16)17/h2-5,7,10H,6H2,1H3,(H,16,17). The molecule has 100 valence electrons. The molecular weight excluding hydrogens is 252 g/mol. The van der Waals surface area contributed by atoms with Crippen molar-refractivity contribution in [2.75, 3.05) is 0 Å². The van der Waals surface area contributed by atoms with Gasteiger partial charge in [0.1, 0.15) is 6.29 Å². The molecule has 1 unspecified atom stereocenters. The van der Waals surface area contributed by atoms with Gasteiger partial charge in [-0.3, -0.25) is 4.79 Å². The Morgan fingerprint density at radius 2 is 1.84 bits per heavy atom. The van der Waals surface area contributed by atoms with Crippen molar-refractivity contribution in [2.24, 2.45) is 0 Å². The van der Waals surface area contributed by atoms with Gasteiger partial charge in [-0.1, -0.05) is 17.7 Å². The van der Waals surface area contributed by atoms with E-state index in [0.717, 1.165) is 5.56 Å². The Bertz CT molecular complexity index is 502. The molecule has 1 aromatic carbocycles. The summed E-state index contributed by atoms with van der Waals surface area (Å²) in [5.74, 6) is -3.92. The molecule has 0 saturated heterocycles. The van der Waals surface area contributed by atoms with Crippen molar-refractivity contribution in [3.05, 3.63) is 35.4 Å². The van der Waals surface area contributed by atoms with E-state index in [2.05, 4.69) is 0 Å². The van der Waals surface area contributed by atoms with Crippen LogP contribution in [0, 0.1) is 6.92 Å². The molecule has 0 saturated carbocycles. The van der Waals surface area contributed by atoms with E-state index >= 15 is 0 Å². The van der Waals surface area contributed by atoms with Gasteiger partial charge in [-0.05, 0) is 19.1 Å². The summed E-state index contributed by atoms with van der Waals surface area (Å²) in [5, 5.41) is 8.54. The summed E-state index contributed by atoms with van der Waals surface area (Å²) in [6.07, 6.45) is -1.75. The molecule has 1 aromatic rings. The molecule has 1 atom stereocenters. The number of aldehydes is 1. The molecule has 0 fully saturated rings. The van der Waals surface area contributed by atoms with Crippen LogP contribution in [0.3, 0.4) is 0 Å². The quantitative estimate of drug-likeness (QED) is 0.463. The van der Waals surface area contributed by atoms with Crippen LogP contribution in [-0.2, 0) is 19.1 Å². The van der Waals surface area contributed by atoms with Crippen LogP contribution in [0.1, 0.15) is 22.3 Å². The van der Waals surface area contributed by atoms with E-state index in [0.29, 0.717) is 6.29 Å². The first kappa shape index (κ1) is 14.6. The first-order chi connectivity index (χ1) is 8.95. The number of rotatable bonds is 6. The topological polar surface area (TPSA) is 97.7 Å². The zero-order valence-electron chi connectivity index (χ0n) is 10.2. The Labute approximate surface area is 109 Å². The van der Waals surface area contributed by atoms with Gasteiger partial charge in [-0.2, -0.15) is 0 Å². The smallest absolute Gasteiger partial charge is 0.376 e. The number of carbonyl (C=O) groups excluding carboxylic acids is 3. The molecule has 0 bridgehead atoms. The highest BCUT2D eigenvalue weighted by molar-refractivity contribution is 6.35. The Hall–Kier alpha value is -2.50. The number of hydrogen-bond donors (Lipinski definition) is 1. The molecule has 0 spiro atoms. The monoisotopic (exact) mass is 264 g/mol. The highest BCUT2D eigenvalue weighted by Gasteiger charge is 2.28. The lowest BCUT2D eigenvalue weighted by molar-refractivity contribution is -0.153. The predicted molar refractivity (Wildman–Crippen MR) is 63.7 cm³/mol. The van der Waals surface area contributed by atoms with Crippen LogP contribution < -0.4 is 0 Å². The van der Waals surface area contributed by atoms with Crippen LogP contribution in [0.25, 0.3) is 0 Å². The number of Topliss-reactive ketones (excluding diaryl/α,β-unsaturated/α-hetero) is 1. The average molecular weight is 264 g/mol. The fourth-order valence-electron chi connectivity index (χ4n) is 1.32. The minimum atomic E-state index is -1.75. The number of aryl methyl sites for hydroxylation is 1. The summed E-state index contributed by atoms with van der Waals surface area (Å²) in [4.78, 5) is 43.8. The lowest BCUT2D eigenvalue weighted by Gasteiger charge is -2.12. The summed E-state index contributed by atoms with van der Waals surface area (Å²) in [6, 6.07) is 6.32. The Balaban J connectivity index is 2.81. The van der Waals surface area contributed by atoms with Crippen molar-refractivity contribution >= 4 is 24.0 Å². The second-order valence-corrected chi connectivity index (χ2v) is 3.83. The van der Waals surface area contributed by atoms with Gasteiger partial charge in [0.15, 0.2) is 6.10 Å². The van der Waals surface area contributed by atoms with E-state index < -0.39 is 30.2 Å². The van der Waals surface area contributed by atoms with Gasteiger partial charge in [0.25, 0.3) is 5.78 Å². The molecule has 0 heterocycles. The maximum atomic E-state index is 11.7. The van der Waals surface area contributed by atoms with E-state index in [-0.39, 0.29) is 5.56 Å². The van der Waals surface area contributed by atoms with Crippen molar-refractivity contribution < 1.29 is 29.0 Å². The molecule has 0 aliphatic rings. The van der Waals surface area contributed by atoms with E-state index in [1.807, 2.05) is 6.92 Å². The number of esters is 1. The summed E-state index contributed by atoms with van der Waals surface area (Å²) < 4.78 is 4.74. The third-order valence-electron chi connectivity index (χ3n) is 2.35. The maximum absolute atomic E-state index is 11.7. The number of ketones is 1. The van der Waals surface area contributed by atoms with Crippen molar-refractivity contribution in [1.29, 1.82) is 0 Å². The molecule has 6 heteroatoms. The van der Waals surface area contributed by atoms with Crippen LogP contribution in [0.2, 0.25) is 0 Å². The highest BCUT2D eigenvalue weighted by atomic mass is 16.5. The average Bonchev–Trinajstić information content (AvgIpc) is 2.37. The van der Waals surface area contributed by atoms with E-state index in [9.17, 15) is 19.2 Å². The molecule has 0 aliphatic carbocycles. The van der Waals surface area contributed by atoms with Crippen LogP contribution in [0.5, 0.6) is 0 Å². The van der Waals surface area contributed by atoms with Crippen molar-refractivity contribution in [2.45, 2.75) is 19.4 Å². The number of carbonyl (C=O) groups is 4. The molecule has 19 heavy (non-hydrogen) atoms. The van der Waals surface area contributed by atoms with Gasteiger partial charge in [0.2, 0.25) is 0 Å². The number of benzene rings is 1. The van der Waals surface area contributed by atoms with E-state index in [4.69, 9.17) is 9.84 Å². The Morgan fingerprint density at radius 1 is 1.26 bits per heavy atom.